The number of hydrogen-bond acceptors (Lipinski definition) is 9. The number of hydrogen-bond donors (Lipinski definition) is 6. The van der Waals surface area contributed by atoms with Gasteiger partial charge in [-0.2, -0.15) is 0 Å². The predicted molar refractivity (Wildman–Crippen MR) is 137 cm³/mol. The van der Waals surface area contributed by atoms with Gasteiger partial charge in [0.25, 0.3) is 0 Å². The van der Waals surface area contributed by atoms with Gasteiger partial charge in [0.05, 0.1) is 31.9 Å². The van der Waals surface area contributed by atoms with Crippen molar-refractivity contribution in [3.8, 4) is 0 Å². The minimum Gasteiger partial charge on any atom is -0.401 e. The van der Waals surface area contributed by atoms with E-state index in [1.54, 1.807) is 18.9 Å². The number of ether oxygens (including phenoxy) is 1. The molecule has 0 saturated heterocycles. The lowest BCUT2D eigenvalue weighted by Crippen LogP contribution is -2.46. The van der Waals surface area contributed by atoms with E-state index < -0.39 is 29.7 Å². The highest BCUT2D eigenvalue weighted by Gasteiger charge is 2.26. The number of Topliss-reactive ketones (excluding diaryl/α,β-unsaturated/α-hetero) is 1. The molecular formula is C24H43N7O6. The minimum atomic E-state index is -0.592. The SMILES string of the molecule is CC(C)C(=O)CNC(=O)CNC(=O)CNC(=O)CNC(=O)COC1CCCCC/C(N)=C\1N(N)C(C)C. The van der Waals surface area contributed by atoms with Crippen molar-refractivity contribution < 1.29 is 28.7 Å². The molecule has 0 aliphatic heterocycles. The van der Waals surface area contributed by atoms with E-state index in [0.29, 0.717) is 24.2 Å². The zero-order chi connectivity index (χ0) is 28.0. The van der Waals surface area contributed by atoms with Gasteiger partial charge in [-0.05, 0) is 33.1 Å². The van der Waals surface area contributed by atoms with Gasteiger partial charge in [0.1, 0.15) is 12.7 Å². The molecule has 1 rings (SSSR count). The summed E-state index contributed by atoms with van der Waals surface area (Å²) in [4.78, 5) is 59.2. The van der Waals surface area contributed by atoms with E-state index in [2.05, 4.69) is 21.3 Å². The van der Waals surface area contributed by atoms with Gasteiger partial charge >= 0.3 is 0 Å². The Bertz CT molecular complexity index is 843. The van der Waals surface area contributed by atoms with E-state index in [0.717, 1.165) is 19.3 Å². The van der Waals surface area contributed by atoms with Crippen LogP contribution < -0.4 is 32.8 Å². The van der Waals surface area contributed by atoms with Gasteiger partial charge in [0, 0.05) is 17.7 Å². The van der Waals surface area contributed by atoms with Crippen LogP contribution in [0.15, 0.2) is 11.4 Å². The number of allylic oxidation sites excluding steroid dienone is 1. The molecule has 4 amide bonds. The summed E-state index contributed by atoms with van der Waals surface area (Å²) in [5.74, 6) is 3.71. The number of hydrazine groups is 1. The average Bonchev–Trinajstić information content (AvgIpc) is 2.84. The first-order chi connectivity index (χ1) is 17.4. The number of rotatable bonds is 14. The van der Waals surface area contributed by atoms with Crippen molar-refractivity contribution in [3.63, 3.8) is 0 Å². The van der Waals surface area contributed by atoms with Crippen LogP contribution in [0.5, 0.6) is 0 Å². The van der Waals surface area contributed by atoms with E-state index in [9.17, 15) is 24.0 Å². The lowest BCUT2D eigenvalue weighted by atomic mass is 9.98. The van der Waals surface area contributed by atoms with Gasteiger partial charge in [0.15, 0.2) is 5.78 Å². The van der Waals surface area contributed by atoms with E-state index in [4.69, 9.17) is 16.3 Å². The molecule has 0 radical (unpaired) electrons. The van der Waals surface area contributed by atoms with Crippen LogP contribution in [-0.4, -0.2) is 79.4 Å². The smallest absolute Gasteiger partial charge is 0.246 e. The maximum Gasteiger partial charge on any atom is 0.246 e. The van der Waals surface area contributed by atoms with Crippen molar-refractivity contribution in [2.45, 2.75) is 71.9 Å². The highest BCUT2D eigenvalue weighted by Crippen LogP contribution is 2.25. The summed E-state index contributed by atoms with van der Waals surface area (Å²) in [6.07, 6.45) is 3.83. The van der Waals surface area contributed by atoms with Gasteiger partial charge in [-0.1, -0.05) is 26.7 Å². The minimum absolute atomic E-state index is 0.00254. The van der Waals surface area contributed by atoms with E-state index in [-0.39, 0.29) is 50.5 Å². The van der Waals surface area contributed by atoms with Crippen LogP contribution in [0.4, 0.5) is 0 Å². The Balaban J connectivity index is 2.38. The maximum atomic E-state index is 12.2. The second-order valence-electron chi connectivity index (χ2n) is 9.54. The van der Waals surface area contributed by atoms with Gasteiger partial charge in [-0.15, -0.1) is 0 Å². The van der Waals surface area contributed by atoms with Crippen molar-refractivity contribution >= 4 is 29.4 Å². The summed E-state index contributed by atoms with van der Waals surface area (Å²) >= 11 is 0. The number of ketones is 1. The second-order valence-corrected chi connectivity index (χ2v) is 9.54. The van der Waals surface area contributed by atoms with Gasteiger partial charge < -0.3 is 36.7 Å². The first-order valence-electron chi connectivity index (χ1n) is 12.7. The average molecular weight is 526 g/mol. The fraction of sp³-hybridized carbons (Fsp3) is 0.708. The molecule has 0 heterocycles. The van der Waals surface area contributed by atoms with Crippen molar-refractivity contribution in [1.82, 2.24) is 26.3 Å². The van der Waals surface area contributed by atoms with Crippen molar-refractivity contribution in [3.05, 3.63) is 11.4 Å². The maximum absolute atomic E-state index is 12.2. The summed E-state index contributed by atoms with van der Waals surface area (Å²) in [7, 11) is 0. The first kappa shape index (κ1) is 31.8. The number of amides is 4. The molecule has 13 nitrogen and oxygen atoms in total. The third-order valence-electron chi connectivity index (χ3n) is 5.74. The van der Waals surface area contributed by atoms with Crippen LogP contribution in [0, 0.1) is 5.92 Å². The molecule has 37 heavy (non-hydrogen) atoms. The molecule has 0 aromatic heterocycles. The van der Waals surface area contributed by atoms with Crippen molar-refractivity contribution in [1.29, 1.82) is 0 Å². The largest absolute Gasteiger partial charge is 0.401 e. The molecule has 1 aliphatic rings. The molecule has 1 unspecified atom stereocenters. The summed E-state index contributed by atoms with van der Waals surface area (Å²) in [5.41, 5.74) is 7.61. The van der Waals surface area contributed by atoms with Gasteiger partial charge in [0.2, 0.25) is 23.6 Å². The Kier molecular flexibility index (Phi) is 14.2. The monoisotopic (exact) mass is 525 g/mol. The molecule has 1 atom stereocenters. The highest BCUT2D eigenvalue weighted by molar-refractivity contribution is 5.91. The summed E-state index contributed by atoms with van der Waals surface area (Å²) < 4.78 is 5.84. The van der Waals surface area contributed by atoms with Gasteiger partial charge in [-0.3, -0.25) is 24.0 Å². The van der Waals surface area contributed by atoms with E-state index >= 15 is 0 Å². The first-order valence-corrected chi connectivity index (χ1v) is 12.7. The fourth-order valence-corrected chi connectivity index (χ4v) is 3.41. The fourth-order valence-electron chi connectivity index (χ4n) is 3.41. The number of nitrogens with one attached hydrogen (secondary N) is 4. The zero-order valence-corrected chi connectivity index (χ0v) is 22.4. The van der Waals surface area contributed by atoms with Crippen LogP contribution in [0.1, 0.15) is 59.8 Å². The van der Waals surface area contributed by atoms with E-state index in [1.807, 2.05) is 13.8 Å². The molecule has 0 aromatic carbocycles. The summed E-state index contributed by atoms with van der Waals surface area (Å²) in [5, 5.41) is 11.1. The lowest BCUT2D eigenvalue weighted by Gasteiger charge is -2.34. The van der Waals surface area contributed by atoms with Crippen molar-refractivity contribution in [2.24, 2.45) is 17.5 Å². The second kappa shape index (κ2) is 16.5. The molecule has 210 valence electrons. The number of carbonyl (C=O) groups excluding carboxylic acids is 5. The molecule has 1 aliphatic carbocycles. The molecule has 0 aromatic rings. The molecule has 0 bridgehead atoms. The number of carbonyl (C=O) groups is 5. The Labute approximate surface area is 218 Å². The Hall–Kier alpha value is -3.19. The Morgan fingerprint density at radius 1 is 0.838 bits per heavy atom. The normalized spacial score (nSPS) is 18.0. The van der Waals surface area contributed by atoms with Crippen LogP contribution in [0.25, 0.3) is 0 Å². The molecule has 0 fully saturated rings. The number of nitrogens with zero attached hydrogens (tertiary/aromatic N) is 1. The molecular weight excluding hydrogens is 482 g/mol. The van der Waals surface area contributed by atoms with Gasteiger partial charge in [-0.25, -0.2) is 5.84 Å². The van der Waals surface area contributed by atoms with Crippen LogP contribution in [-0.2, 0) is 28.7 Å². The molecule has 8 N–H and O–H groups in total. The summed E-state index contributed by atoms with van der Waals surface area (Å²) in [6.45, 7) is 5.87. The molecule has 0 saturated carbocycles. The topological polar surface area (TPSA) is 198 Å². The predicted octanol–water partition coefficient (Wildman–Crippen LogP) is -1.22. The zero-order valence-electron chi connectivity index (χ0n) is 22.4. The third-order valence-corrected chi connectivity index (χ3v) is 5.74. The van der Waals surface area contributed by atoms with Crippen LogP contribution >= 0.6 is 0 Å². The molecule has 13 heteroatoms. The molecule has 0 spiro atoms. The number of nitrogens with two attached hydrogens (primary N) is 2. The Morgan fingerprint density at radius 3 is 1.86 bits per heavy atom. The Morgan fingerprint density at radius 2 is 1.35 bits per heavy atom. The van der Waals surface area contributed by atoms with E-state index in [1.165, 1.54) is 0 Å². The lowest BCUT2D eigenvalue weighted by molar-refractivity contribution is -0.131. The summed E-state index contributed by atoms with van der Waals surface area (Å²) in [6, 6.07) is -0.00254. The van der Waals surface area contributed by atoms with Crippen molar-refractivity contribution in [2.75, 3.05) is 32.8 Å². The van der Waals surface area contributed by atoms with Crippen LogP contribution in [0.3, 0.4) is 0 Å². The quantitative estimate of drug-likeness (QED) is 0.119. The highest BCUT2D eigenvalue weighted by atomic mass is 16.5. The van der Waals surface area contributed by atoms with Crippen LogP contribution in [0.2, 0.25) is 0 Å². The standard InChI is InChI=1S/C24H43N7O6/c1-15(2)18(32)10-27-20(33)11-28-21(34)12-29-22(35)13-30-23(36)14-37-19-9-7-5-6-8-17(25)24(19)31(26)16(3)4/h15-16,19H,5-14,25-26H2,1-4H3,(H,27,33)(H,28,34)(H,29,35)(H,30,36)/b24-17-. The third kappa shape index (κ3) is 12.6.